The van der Waals surface area contributed by atoms with Crippen molar-refractivity contribution >= 4 is 11.9 Å². The van der Waals surface area contributed by atoms with E-state index in [0.29, 0.717) is 39.1 Å². The lowest BCUT2D eigenvalue weighted by molar-refractivity contribution is -0.381. The number of carboxylic acid groups (broad SMARTS) is 1. The maximum absolute atomic E-state index is 15.1. The molecule has 74 heavy (non-hydrogen) atoms. The molecule has 20 nitrogen and oxygen atoms in total. The number of hydrogen-bond acceptors (Lipinski definition) is 18. The lowest BCUT2D eigenvalue weighted by Crippen LogP contribution is -2.67. The molecule has 0 radical (unpaired) electrons. The summed E-state index contributed by atoms with van der Waals surface area (Å²) in [6, 6.07) is 0. The van der Waals surface area contributed by atoms with Crippen LogP contribution in [0.3, 0.4) is 0 Å². The van der Waals surface area contributed by atoms with Crippen LogP contribution in [0.2, 0.25) is 0 Å². The molecule has 1 amide bonds. The van der Waals surface area contributed by atoms with Crippen molar-refractivity contribution in [2.75, 3.05) is 52.5 Å². The highest BCUT2D eigenvalue weighted by molar-refractivity contribution is 5.84. The Hall–Kier alpha value is -1.96. The Labute approximate surface area is 435 Å². The molecule has 0 aromatic heterocycles. The molecule has 4 aliphatic heterocycles. The summed E-state index contributed by atoms with van der Waals surface area (Å²) < 4.78 is 36.8. The Balaban J connectivity index is 0.956. The van der Waals surface area contributed by atoms with E-state index in [-0.39, 0.29) is 65.0 Å². The van der Waals surface area contributed by atoms with E-state index in [2.05, 4.69) is 57.4 Å². The quantitative estimate of drug-likeness (QED) is 0.0959. The molecule has 422 valence electrons. The predicted octanol–water partition coefficient (Wildman–Crippen LogP) is 0.880. The maximum atomic E-state index is 15.1. The second-order valence-electron chi connectivity index (χ2n) is 25.8. The molecule has 4 heterocycles. The topological polar surface area (TPSA) is 298 Å². The fraction of sp³-hybridized carbons (Fsp3) is 0.926. The van der Waals surface area contributed by atoms with Gasteiger partial charge < -0.3 is 84.4 Å². The Morgan fingerprint density at radius 1 is 0.716 bits per heavy atom. The van der Waals surface area contributed by atoms with Crippen LogP contribution in [0, 0.1) is 50.2 Å². The zero-order valence-electron chi connectivity index (χ0n) is 44.5. The minimum Gasteiger partial charge on any atom is -0.481 e. The molecule has 0 aromatic rings. The van der Waals surface area contributed by atoms with Crippen molar-refractivity contribution in [3.8, 4) is 0 Å². The smallest absolute Gasteiger partial charge is 0.304 e. The number of carbonyl (C=O) groups excluding carboxylic acids is 1. The first-order chi connectivity index (χ1) is 34.8. The van der Waals surface area contributed by atoms with Gasteiger partial charge in [-0.25, -0.2) is 0 Å². The van der Waals surface area contributed by atoms with Gasteiger partial charge in [0.05, 0.1) is 43.9 Å². The highest BCUT2D eigenvalue weighted by Crippen LogP contribution is 2.76. The molecule has 0 spiro atoms. The van der Waals surface area contributed by atoms with Crippen molar-refractivity contribution in [2.45, 2.75) is 211 Å². The minimum absolute atomic E-state index is 0.0152. The van der Waals surface area contributed by atoms with E-state index in [1.54, 1.807) is 0 Å². The third kappa shape index (κ3) is 9.44. The average molecular weight is 1050 g/mol. The van der Waals surface area contributed by atoms with Crippen LogP contribution in [0.4, 0.5) is 0 Å². The summed E-state index contributed by atoms with van der Waals surface area (Å²) >= 11 is 0. The fourth-order valence-corrected chi connectivity index (χ4v) is 16.5. The molecule has 10 N–H and O–H groups in total. The summed E-state index contributed by atoms with van der Waals surface area (Å²) in [6.07, 6.45) is -11.1. The number of carbonyl (C=O) groups is 2. The Morgan fingerprint density at radius 3 is 2.04 bits per heavy atom. The summed E-state index contributed by atoms with van der Waals surface area (Å²) in [5.41, 5.74) is -0.338. The molecule has 0 bridgehead atoms. The van der Waals surface area contributed by atoms with Gasteiger partial charge in [0.25, 0.3) is 0 Å². The zero-order chi connectivity index (χ0) is 53.7. The SMILES string of the molecule is C[C@@H]1O[C@@H](O[C@H]2[C@H](O[C@H]3CC[C@@]4(C)[C@@H](CC[C@]5(C)[C@@H]4CC=C4[C@@H]6CC(C)(C)CC[C@]6(C(=O)N6CCN(CCC(=O)O)CC6)CC[C@]45C)[C@]3(C)CO)OC[C@H](O[C@@H]3O[C@H](CO)[C@@H](O)[C@H](O)[C@H]3O)[C@@H]2O)[C@H](O)[C@H](O)[C@H]1O. The van der Waals surface area contributed by atoms with E-state index in [1.165, 1.54) is 12.5 Å². The Kier molecular flexibility index (Phi) is 16.1. The van der Waals surface area contributed by atoms with E-state index >= 15 is 4.79 Å². The van der Waals surface area contributed by atoms with Crippen LogP contribution in [0.15, 0.2) is 11.6 Å². The number of aliphatic hydroxyl groups is 9. The number of amides is 1. The summed E-state index contributed by atoms with van der Waals surface area (Å²) in [4.78, 5) is 30.7. The summed E-state index contributed by atoms with van der Waals surface area (Å²) in [6.45, 7) is 17.4. The predicted molar refractivity (Wildman–Crippen MR) is 262 cm³/mol. The van der Waals surface area contributed by atoms with Gasteiger partial charge in [0, 0.05) is 38.1 Å². The minimum atomic E-state index is -1.78. The van der Waals surface area contributed by atoms with E-state index in [9.17, 15) is 55.9 Å². The van der Waals surface area contributed by atoms with Crippen LogP contribution < -0.4 is 0 Å². The second kappa shape index (κ2) is 20.9. The number of hydrogen-bond donors (Lipinski definition) is 10. The first-order valence-corrected chi connectivity index (χ1v) is 27.6. The fourth-order valence-electron chi connectivity index (χ4n) is 16.5. The van der Waals surface area contributed by atoms with Crippen LogP contribution in [-0.2, 0) is 38.0 Å². The number of allylic oxidation sites excluding steroid dienone is 2. The molecule has 20 heteroatoms. The maximum Gasteiger partial charge on any atom is 0.304 e. The molecule has 0 unspecified atom stereocenters. The molecule has 4 saturated carbocycles. The molecular weight excluding hydrogens is 965 g/mol. The van der Waals surface area contributed by atoms with Gasteiger partial charge >= 0.3 is 5.97 Å². The number of nitrogens with zero attached hydrogens (tertiary/aromatic N) is 2. The summed E-state index contributed by atoms with van der Waals surface area (Å²) in [7, 11) is 0. The van der Waals surface area contributed by atoms with Crippen LogP contribution in [-0.4, -0.2) is 217 Å². The Morgan fingerprint density at radius 2 is 1.38 bits per heavy atom. The number of piperazine rings is 1. The monoisotopic (exact) mass is 1050 g/mol. The van der Waals surface area contributed by atoms with Gasteiger partial charge in [-0.05, 0) is 111 Å². The summed E-state index contributed by atoms with van der Waals surface area (Å²) in [5.74, 6) is -0.208. The van der Waals surface area contributed by atoms with Crippen molar-refractivity contribution in [3.63, 3.8) is 0 Å². The second-order valence-corrected chi connectivity index (χ2v) is 25.8. The van der Waals surface area contributed by atoms with Gasteiger partial charge in [0.1, 0.15) is 61.0 Å². The molecule has 9 aliphatic rings. The number of rotatable bonds is 12. The van der Waals surface area contributed by atoms with E-state index < -0.39 is 116 Å². The molecule has 0 aromatic carbocycles. The van der Waals surface area contributed by atoms with Gasteiger partial charge in [0.15, 0.2) is 18.9 Å². The zero-order valence-corrected chi connectivity index (χ0v) is 44.5. The van der Waals surface area contributed by atoms with Crippen molar-refractivity contribution in [3.05, 3.63) is 11.6 Å². The van der Waals surface area contributed by atoms with Gasteiger partial charge in [-0.1, -0.05) is 53.2 Å². The van der Waals surface area contributed by atoms with Gasteiger partial charge in [-0.3, -0.25) is 14.5 Å². The van der Waals surface area contributed by atoms with Crippen molar-refractivity contribution < 1.29 is 89.1 Å². The van der Waals surface area contributed by atoms with E-state index in [4.69, 9.17) is 28.4 Å². The number of aliphatic hydroxyl groups excluding tert-OH is 9. The third-order valence-corrected chi connectivity index (χ3v) is 21.4. The standard InChI is InChI=1S/C54H88N2O18/c1-28-37(61)40(64)42(66)45(70-28)74-44-39(63)32(72-46-43(67)41(65)38(62)31(25-57)71-46)26-69-47(44)73-35-11-13-50(4)33(51(35,5)27-58)10-14-53(7)34(50)9-8-29-30-24-49(2,3)15-17-54(30,18-16-52(29,53)6)48(68)56-22-20-55(21-23-56)19-12-36(59)60/h8,28,30-35,37-47,57-58,61-67H,9-27H2,1-7H3,(H,59,60)/t28-,30-,31+,32-,33+,34+,35-,37-,38+,39-,40+,41-,42+,43+,44+,45-,46-,47-,50-,51-,52+,53+,54-/m0/s1. The first-order valence-electron chi connectivity index (χ1n) is 27.6. The largest absolute Gasteiger partial charge is 0.481 e. The van der Waals surface area contributed by atoms with Crippen LogP contribution in [0.25, 0.3) is 0 Å². The van der Waals surface area contributed by atoms with Gasteiger partial charge in [-0.2, -0.15) is 0 Å². The Bertz CT molecular complexity index is 2060. The number of carboxylic acids is 1. The van der Waals surface area contributed by atoms with Crippen LogP contribution >= 0.6 is 0 Å². The molecule has 4 saturated heterocycles. The number of aliphatic carboxylic acids is 1. The first kappa shape index (κ1) is 56.7. The lowest BCUT2D eigenvalue weighted by atomic mass is 9.33. The summed E-state index contributed by atoms with van der Waals surface area (Å²) in [5, 5.41) is 107. The third-order valence-electron chi connectivity index (χ3n) is 21.4. The van der Waals surface area contributed by atoms with Crippen molar-refractivity contribution in [1.29, 1.82) is 0 Å². The molecule has 23 atom stereocenters. The molecule has 8 fully saturated rings. The van der Waals surface area contributed by atoms with E-state index in [1.807, 2.05) is 0 Å². The highest BCUT2D eigenvalue weighted by Gasteiger charge is 2.70. The lowest BCUT2D eigenvalue weighted by Gasteiger charge is -2.71. The average Bonchev–Trinajstić information content (AvgIpc) is 3.36. The van der Waals surface area contributed by atoms with Crippen LogP contribution in [0.5, 0.6) is 0 Å². The molecular formula is C54H88N2O18. The van der Waals surface area contributed by atoms with E-state index in [0.717, 1.165) is 57.8 Å². The molecule has 5 aliphatic carbocycles. The highest BCUT2D eigenvalue weighted by atomic mass is 16.8. The number of ether oxygens (including phenoxy) is 6. The molecule has 9 rings (SSSR count). The van der Waals surface area contributed by atoms with Crippen molar-refractivity contribution in [1.82, 2.24) is 9.80 Å². The van der Waals surface area contributed by atoms with Gasteiger partial charge in [0.2, 0.25) is 5.91 Å². The van der Waals surface area contributed by atoms with Crippen LogP contribution in [0.1, 0.15) is 119 Å². The van der Waals surface area contributed by atoms with Gasteiger partial charge in [-0.15, -0.1) is 0 Å². The van der Waals surface area contributed by atoms with Crippen molar-refractivity contribution in [2.24, 2.45) is 50.2 Å². The number of fused-ring (bicyclic) bond motifs is 7. The normalized spacial score (nSPS) is 50.6.